The number of amidine groups is 1. The molecule has 3 rings (SSSR count). The molecule has 0 saturated heterocycles. The molecule has 0 spiro atoms. The van der Waals surface area contributed by atoms with Crippen LogP contribution in [0.25, 0.3) is 5.70 Å². The Morgan fingerprint density at radius 2 is 2.00 bits per heavy atom. The molecule has 28 heavy (non-hydrogen) atoms. The molecule has 0 fully saturated rings. The molecule has 146 valence electrons. The number of benzene rings is 2. The first-order valence-electron chi connectivity index (χ1n) is 8.64. The Balaban J connectivity index is 2.07. The molecule has 0 saturated carbocycles. The standard InChI is InChI=1S/C20H21F2N5O/c1-25-11-27-17(6-5-16(26-2)20(27)24)14-10-13(23)4-8-18(14)28-19-7-3-12(21)9-15(19)22/h3-4,6-11,16,24,26H,5,23H2,1-2H3. The smallest absolute Gasteiger partial charge is 0.168 e. The van der Waals surface area contributed by atoms with Crippen molar-refractivity contribution in [3.8, 4) is 11.5 Å². The Labute approximate surface area is 161 Å². The molecule has 0 aromatic heterocycles. The number of aliphatic imine (C=N–C) groups is 1. The van der Waals surface area contributed by atoms with Crippen molar-refractivity contribution in [2.75, 3.05) is 19.8 Å². The summed E-state index contributed by atoms with van der Waals surface area (Å²) >= 11 is 0. The predicted molar refractivity (Wildman–Crippen MR) is 107 cm³/mol. The van der Waals surface area contributed by atoms with Crippen LogP contribution in [0.15, 0.2) is 47.5 Å². The van der Waals surface area contributed by atoms with Crippen molar-refractivity contribution in [2.45, 2.75) is 12.5 Å². The fourth-order valence-corrected chi connectivity index (χ4v) is 2.98. The molecule has 2 aromatic rings. The lowest BCUT2D eigenvalue weighted by atomic mass is 10.00. The minimum absolute atomic E-state index is 0.109. The van der Waals surface area contributed by atoms with Gasteiger partial charge in [0.2, 0.25) is 0 Å². The van der Waals surface area contributed by atoms with Gasteiger partial charge in [0.25, 0.3) is 0 Å². The first-order chi connectivity index (χ1) is 13.4. The molecule has 0 radical (unpaired) electrons. The van der Waals surface area contributed by atoms with Crippen molar-refractivity contribution < 1.29 is 13.5 Å². The van der Waals surface area contributed by atoms with Crippen molar-refractivity contribution in [3.05, 3.63) is 59.7 Å². The van der Waals surface area contributed by atoms with E-state index in [-0.39, 0.29) is 11.8 Å². The van der Waals surface area contributed by atoms with E-state index >= 15 is 0 Å². The molecular weight excluding hydrogens is 364 g/mol. The van der Waals surface area contributed by atoms with Crippen LogP contribution >= 0.6 is 0 Å². The van der Waals surface area contributed by atoms with E-state index in [2.05, 4.69) is 10.3 Å². The van der Waals surface area contributed by atoms with Gasteiger partial charge in [-0.3, -0.25) is 15.3 Å². The Bertz CT molecular complexity index is 958. The summed E-state index contributed by atoms with van der Waals surface area (Å²) in [5.74, 6) is -0.963. The number of likely N-dealkylation sites (N-methyl/N-ethyl adjacent to an activating group) is 1. The van der Waals surface area contributed by atoms with Crippen LogP contribution in [0.5, 0.6) is 11.5 Å². The van der Waals surface area contributed by atoms with E-state index in [9.17, 15) is 8.78 Å². The molecule has 0 bridgehead atoms. The monoisotopic (exact) mass is 385 g/mol. The second kappa shape index (κ2) is 8.18. The van der Waals surface area contributed by atoms with Crippen LogP contribution in [0.3, 0.4) is 0 Å². The maximum atomic E-state index is 14.1. The molecule has 2 aromatic carbocycles. The highest BCUT2D eigenvalue weighted by Crippen LogP contribution is 2.36. The number of nitrogens with zero attached hydrogens (tertiary/aromatic N) is 2. The van der Waals surface area contributed by atoms with Gasteiger partial charge in [0.1, 0.15) is 17.4 Å². The third-order valence-electron chi connectivity index (χ3n) is 4.37. The third kappa shape index (κ3) is 3.86. The lowest BCUT2D eigenvalue weighted by molar-refractivity contribution is 0.436. The molecule has 1 aliphatic rings. The zero-order valence-corrected chi connectivity index (χ0v) is 15.5. The van der Waals surface area contributed by atoms with Crippen LogP contribution in [0.1, 0.15) is 12.0 Å². The van der Waals surface area contributed by atoms with Crippen molar-refractivity contribution >= 4 is 23.6 Å². The average Bonchev–Trinajstić information content (AvgIpc) is 2.67. The third-order valence-corrected chi connectivity index (χ3v) is 4.37. The molecule has 8 heteroatoms. The molecule has 0 aliphatic carbocycles. The van der Waals surface area contributed by atoms with E-state index in [1.165, 1.54) is 12.4 Å². The summed E-state index contributed by atoms with van der Waals surface area (Å²) in [7, 11) is 3.39. The highest BCUT2D eigenvalue weighted by molar-refractivity contribution is 6.04. The Hall–Kier alpha value is -3.26. The first-order valence-corrected chi connectivity index (χ1v) is 8.64. The van der Waals surface area contributed by atoms with Crippen LogP contribution in [-0.2, 0) is 0 Å². The second-order valence-electron chi connectivity index (χ2n) is 6.23. The number of nitrogens with two attached hydrogens (primary N) is 1. The maximum absolute atomic E-state index is 14.1. The molecular formula is C20H21F2N5O. The van der Waals surface area contributed by atoms with Crippen LogP contribution in [-0.4, -0.2) is 37.2 Å². The minimum atomic E-state index is -0.810. The topological polar surface area (TPSA) is 86.7 Å². The summed E-state index contributed by atoms with van der Waals surface area (Å²) in [6.07, 6.45) is 4.05. The van der Waals surface area contributed by atoms with Crippen molar-refractivity contribution in [1.29, 1.82) is 5.41 Å². The van der Waals surface area contributed by atoms with E-state index in [1.54, 1.807) is 37.2 Å². The highest BCUT2D eigenvalue weighted by atomic mass is 19.1. The van der Waals surface area contributed by atoms with Gasteiger partial charge in [0.05, 0.1) is 18.1 Å². The Kier molecular flexibility index (Phi) is 5.70. The normalized spacial score (nSPS) is 17.1. The van der Waals surface area contributed by atoms with Crippen LogP contribution in [0.2, 0.25) is 0 Å². The summed E-state index contributed by atoms with van der Waals surface area (Å²) in [5.41, 5.74) is 7.66. The summed E-state index contributed by atoms with van der Waals surface area (Å²) in [4.78, 5) is 5.65. The molecule has 0 amide bonds. The van der Waals surface area contributed by atoms with Crippen molar-refractivity contribution in [2.24, 2.45) is 4.99 Å². The quantitative estimate of drug-likeness (QED) is 0.417. The van der Waals surface area contributed by atoms with Gasteiger partial charge in [-0.05, 0) is 43.8 Å². The Morgan fingerprint density at radius 1 is 1.25 bits per heavy atom. The number of nitrogen functional groups attached to an aromatic ring is 1. The van der Waals surface area contributed by atoms with Crippen LogP contribution < -0.4 is 15.8 Å². The van der Waals surface area contributed by atoms with E-state index < -0.39 is 11.6 Å². The van der Waals surface area contributed by atoms with Gasteiger partial charge < -0.3 is 15.8 Å². The molecule has 1 atom stereocenters. The summed E-state index contributed by atoms with van der Waals surface area (Å²) in [5, 5.41) is 11.5. The summed E-state index contributed by atoms with van der Waals surface area (Å²) < 4.78 is 33.0. The number of nitrogens with one attached hydrogen (secondary N) is 2. The largest absolute Gasteiger partial charge is 0.454 e. The minimum Gasteiger partial charge on any atom is -0.454 e. The molecule has 6 nitrogen and oxygen atoms in total. The summed E-state index contributed by atoms with van der Waals surface area (Å²) in [6, 6.07) is 7.87. The van der Waals surface area contributed by atoms with Gasteiger partial charge in [-0.2, -0.15) is 0 Å². The van der Waals surface area contributed by atoms with Gasteiger partial charge in [-0.1, -0.05) is 6.08 Å². The Morgan fingerprint density at radius 3 is 2.68 bits per heavy atom. The summed E-state index contributed by atoms with van der Waals surface area (Å²) in [6.45, 7) is 0. The zero-order chi connectivity index (χ0) is 20.3. The van der Waals surface area contributed by atoms with Crippen molar-refractivity contribution in [3.63, 3.8) is 0 Å². The number of ether oxygens (including phenoxy) is 1. The van der Waals surface area contributed by atoms with Gasteiger partial charge >= 0.3 is 0 Å². The predicted octanol–water partition coefficient (Wildman–Crippen LogP) is 3.61. The van der Waals surface area contributed by atoms with Gasteiger partial charge in [0, 0.05) is 24.4 Å². The molecule has 4 N–H and O–H groups in total. The maximum Gasteiger partial charge on any atom is 0.168 e. The average molecular weight is 385 g/mol. The van der Waals surface area contributed by atoms with E-state index in [0.29, 0.717) is 35.0 Å². The van der Waals surface area contributed by atoms with Crippen molar-refractivity contribution in [1.82, 2.24) is 10.2 Å². The molecule has 1 aliphatic heterocycles. The lowest BCUT2D eigenvalue weighted by Gasteiger charge is -2.33. The number of hydrogen-bond donors (Lipinski definition) is 3. The molecule has 1 heterocycles. The SMILES string of the molecule is CN=CN1C(=N)C(NC)CC=C1c1cc(N)ccc1Oc1ccc(F)cc1F. The first kappa shape index (κ1) is 19.5. The second-order valence-corrected chi connectivity index (χ2v) is 6.23. The van der Waals surface area contributed by atoms with E-state index in [0.717, 1.165) is 12.1 Å². The number of hydrogen-bond acceptors (Lipinski definition) is 5. The zero-order valence-electron chi connectivity index (χ0n) is 15.5. The van der Waals surface area contributed by atoms with Gasteiger partial charge in [-0.15, -0.1) is 0 Å². The van der Waals surface area contributed by atoms with Gasteiger partial charge in [-0.25, -0.2) is 8.78 Å². The number of halogens is 2. The fourth-order valence-electron chi connectivity index (χ4n) is 2.98. The molecule has 1 unspecified atom stereocenters. The van der Waals surface area contributed by atoms with Gasteiger partial charge in [0.15, 0.2) is 11.6 Å². The number of anilines is 1. The lowest BCUT2D eigenvalue weighted by Crippen LogP contribution is -2.45. The van der Waals surface area contributed by atoms with E-state index in [1.807, 2.05) is 6.08 Å². The number of rotatable bonds is 5. The fraction of sp³-hybridized carbons (Fsp3) is 0.200. The van der Waals surface area contributed by atoms with Crippen LogP contribution in [0.4, 0.5) is 14.5 Å². The van der Waals surface area contributed by atoms with E-state index in [4.69, 9.17) is 15.9 Å². The highest BCUT2D eigenvalue weighted by Gasteiger charge is 2.28. The van der Waals surface area contributed by atoms with Crippen LogP contribution in [0, 0.1) is 17.0 Å².